The molecule has 19 heavy (non-hydrogen) atoms. The molecule has 1 aromatic carbocycles. The quantitative estimate of drug-likeness (QED) is 0.826. The Hall–Kier alpha value is -2.81. The maximum atomic E-state index is 11.5. The minimum atomic E-state index is -0.396. The number of carbonyl (C=O) groups is 1. The second-order valence-corrected chi connectivity index (χ2v) is 3.91. The molecule has 0 saturated heterocycles. The summed E-state index contributed by atoms with van der Waals surface area (Å²) in [5.41, 5.74) is 6.83. The predicted octanol–water partition coefficient (Wildman–Crippen LogP) is 1.08. The van der Waals surface area contributed by atoms with E-state index >= 15 is 0 Å². The van der Waals surface area contributed by atoms with Crippen LogP contribution in [0.1, 0.15) is 11.1 Å². The second-order valence-electron chi connectivity index (χ2n) is 3.91. The number of aromatic nitrogens is 2. The number of nitriles is 1. The molecule has 0 unspecified atom stereocenters. The van der Waals surface area contributed by atoms with Gasteiger partial charge in [0, 0.05) is 6.20 Å². The average Bonchev–Trinajstić information content (AvgIpc) is 2.82. The van der Waals surface area contributed by atoms with E-state index in [2.05, 4.69) is 5.10 Å². The fourth-order valence-corrected chi connectivity index (χ4v) is 1.48. The van der Waals surface area contributed by atoms with Gasteiger partial charge in [-0.3, -0.25) is 9.48 Å². The van der Waals surface area contributed by atoms with Crippen molar-refractivity contribution in [2.75, 3.05) is 5.73 Å². The molecule has 6 heteroatoms. The zero-order valence-corrected chi connectivity index (χ0v) is 10.1. The normalized spacial score (nSPS) is 9.84. The van der Waals surface area contributed by atoms with Crippen molar-refractivity contribution < 1.29 is 9.53 Å². The van der Waals surface area contributed by atoms with Crippen LogP contribution >= 0.6 is 0 Å². The van der Waals surface area contributed by atoms with Crippen LogP contribution < -0.4 is 5.73 Å². The fourth-order valence-electron chi connectivity index (χ4n) is 1.48. The van der Waals surface area contributed by atoms with Crippen LogP contribution in [0.2, 0.25) is 0 Å². The van der Waals surface area contributed by atoms with Crippen molar-refractivity contribution in [3.05, 3.63) is 47.7 Å². The molecule has 0 aliphatic carbocycles. The first-order valence-corrected chi connectivity index (χ1v) is 5.61. The van der Waals surface area contributed by atoms with Crippen molar-refractivity contribution in [3.63, 3.8) is 0 Å². The molecule has 96 valence electrons. The minimum Gasteiger partial charge on any atom is -0.459 e. The number of esters is 1. The lowest BCUT2D eigenvalue weighted by Crippen LogP contribution is -2.14. The molecule has 2 rings (SSSR count). The third-order valence-corrected chi connectivity index (χ3v) is 2.44. The number of nitrogens with zero attached hydrogens (tertiary/aromatic N) is 3. The Morgan fingerprint density at radius 3 is 2.68 bits per heavy atom. The van der Waals surface area contributed by atoms with Crippen LogP contribution in [0.15, 0.2) is 36.5 Å². The van der Waals surface area contributed by atoms with Crippen LogP contribution in [0.5, 0.6) is 0 Å². The van der Waals surface area contributed by atoms with E-state index in [4.69, 9.17) is 15.7 Å². The molecule has 6 nitrogen and oxygen atoms in total. The first-order valence-electron chi connectivity index (χ1n) is 5.61. The van der Waals surface area contributed by atoms with Gasteiger partial charge in [-0.05, 0) is 23.8 Å². The summed E-state index contributed by atoms with van der Waals surface area (Å²) >= 11 is 0. The lowest BCUT2D eigenvalue weighted by Gasteiger charge is -2.05. The second kappa shape index (κ2) is 5.69. The molecule has 0 saturated carbocycles. The monoisotopic (exact) mass is 256 g/mol. The Bertz CT molecular complexity index is 610. The Balaban J connectivity index is 1.84. The zero-order chi connectivity index (χ0) is 13.7. The van der Waals surface area contributed by atoms with E-state index in [9.17, 15) is 4.79 Å². The summed E-state index contributed by atoms with van der Waals surface area (Å²) in [6, 6.07) is 10.5. The number of benzene rings is 1. The van der Waals surface area contributed by atoms with Crippen molar-refractivity contribution in [1.82, 2.24) is 9.78 Å². The molecule has 1 heterocycles. The summed E-state index contributed by atoms with van der Waals surface area (Å²) < 4.78 is 6.50. The van der Waals surface area contributed by atoms with E-state index in [1.807, 2.05) is 6.07 Å². The maximum Gasteiger partial charge on any atom is 0.328 e. The Kier molecular flexibility index (Phi) is 3.78. The van der Waals surface area contributed by atoms with Gasteiger partial charge in [-0.1, -0.05) is 12.1 Å². The topological polar surface area (TPSA) is 93.9 Å². The Morgan fingerprint density at radius 1 is 1.37 bits per heavy atom. The SMILES string of the molecule is N#Cc1ccc(COC(=O)Cn2ccc(N)n2)cc1. The molecule has 0 aliphatic heterocycles. The highest BCUT2D eigenvalue weighted by Crippen LogP contribution is 2.05. The number of hydrogen-bond acceptors (Lipinski definition) is 5. The smallest absolute Gasteiger partial charge is 0.328 e. The highest BCUT2D eigenvalue weighted by molar-refractivity contribution is 5.69. The summed E-state index contributed by atoms with van der Waals surface area (Å²) in [5, 5.41) is 12.5. The minimum absolute atomic E-state index is 0.0213. The summed E-state index contributed by atoms with van der Waals surface area (Å²) in [6.45, 7) is 0.189. The van der Waals surface area contributed by atoms with Gasteiger partial charge in [0.15, 0.2) is 0 Å². The molecule has 0 aliphatic rings. The highest BCUT2D eigenvalue weighted by Gasteiger charge is 2.05. The summed E-state index contributed by atoms with van der Waals surface area (Å²) in [7, 11) is 0. The zero-order valence-electron chi connectivity index (χ0n) is 10.1. The van der Waals surface area contributed by atoms with Crippen LogP contribution in [-0.4, -0.2) is 15.7 Å². The first-order chi connectivity index (χ1) is 9.17. The third kappa shape index (κ3) is 3.57. The Morgan fingerprint density at radius 2 is 2.11 bits per heavy atom. The number of hydrogen-bond donors (Lipinski definition) is 1. The van der Waals surface area contributed by atoms with Gasteiger partial charge in [-0.2, -0.15) is 10.4 Å². The van der Waals surface area contributed by atoms with E-state index in [0.29, 0.717) is 11.4 Å². The van der Waals surface area contributed by atoms with Crippen molar-refractivity contribution in [2.45, 2.75) is 13.2 Å². The summed E-state index contributed by atoms with van der Waals surface area (Å²) in [6.07, 6.45) is 1.61. The van der Waals surface area contributed by atoms with Gasteiger partial charge in [-0.25, -0.2) is 0 Å². The molecule has 0 bridgehead atoms. The summed E-state index contributed by atoms with van der Waals surface area (Å²) in [5.74, 6) is -0.0349. The number of ether oxygens (including phenoxy) is 1. The lowest BCUT2D eigenvalue weighted by atomic mass is 10.2. The molecular weight excluding hydrogens is 244 g/mol. The van der Waals surface area contributed by atoms with Crippen molar-refractivity contribution in [1.29, 1.82) is 5.26 Å². The van der Waals surface area contributed by atoms with Gasteiger partial charge < -0.3 is 10.5 Å². The van der Waals surface area contributed by atoms with Crippen molar-refractivity contribution >= 4 is 11.8 Å². The Labute approximate surface area is 110 Å². The maximum absolute atomic E-state index is 11.5. The molecule has 0 amide bonds. The highest BCUT2D eigenvalue weighted by atomic mass is 16.5. The molecule has 2 aromatic rings. The van der Waals surface area contributed by atoms with Gasteiger partial charge in [0.05, 0.1) is 11.6 Å². The van der Waals surface area contributed by atoms with E-state index < -0.39 is 5.97 Å². The van der Waals surface area contributed by atoms with E-state index in [-0.39, 0.29) is 13.2 Å². The number of nitrogens with two attached hydrogens (primary N) is 1. The molecule has 0 atom stereocenters. The van der Waals surface area contributed by atoms with Gasteiger partial charge >= 0.3 is 5.97 Å². The van der Waals surface area contributed by atoms with Gasteiger partial charge in [-0.15, -0.1) is 0 Å². The standard InChI is InChI=1S/C13H12N4O2/c14-7-10-1-3-11(4-2-10)9-19-13(18)8-17-6-5-12(15)16-17/h1-6H,8-9H2,(H2,15,16). The molecule has 0 radical (unpaired) electrons. The van der Waals surface area contributed by atoms with Gasteiger partial charge in [0.2, 0.25) is 0 Å². The largest absolute Gasteiger partial charge is 0.459 e. The number of rotatable bonds is 4. The summed E-state index contributed by atoms with van der Waals surface area (Å²) in [4.78, 5) is 11.5. The molecule has 0 spiro atoms. The van der Waals surface area contributed by atoms with E-state index in [1.165, 1.54) is 4.68 Å². The van der Waals surface area contributed by atoms with Crippen LogP contribution in [0.25, 0.3) is 0 Å². The van der Waals surface area contributed by atoms with Crippen molar-refractivity contribution in [3.8, 4) is 6.07 Å². The number of carbonyl (C=O) groups excluding carboxylic acids is 1. The van der Waals surface area contributed by atoms with E-state index in [0.717, 1.165) is 5.56 Å². The number of nitrogen functional groups attached to an aromatic ring is 1. The molecule has 2 N–H and O–H groups in total. The molecular formula is C13H12N4O2. The van der Waals surface area contributed by atoms with Gasteiger partial charge in [0.1, 0.15) is 19.0 Å². The van der Waals surface area contributed by atoms with Crippen molar-refractivity contribution in [2.24, 2.45) is 0 Å². The lowest BCUT2D eigenvalue weighted by molar-refractivity contribution is -0.145. The predicted molar refractivity (Wildman–Crippen MR) is 67.6 cm³/mol. The van der Waals surface area contributed by atoms with Gasteiger partial charge in [0.25, 0.3) is 0 Å². The fraction of sp³-hybridized carbons (Fsp3) is 0.154. The van der Waals surface area contributed by atoms with E-state index in [1.54, 1.807) is 36.5 Å². The van der Waals surface area contributed by atoms with Crippen LogP contribution in [0.3, 0.4) is 0 Å². The van der Waals surface area contributed by atoms with Crippen LogP contribution in [-0.2, 0) is 22.7 Å². The molecule has 1 aromatic heterocycles. The third-order valence-electron chi connectivity index (χ3n) is 2.44. The number of anilines is 1. The van der Waals surface area contributed by atoms with Crippen LogP contribution in [0, 0.1) is 11.3 Å². The molecule has 0 fully saturated rings. The average molecular weight is 256 g/mol. The first kappa shape index (κ1) is 12.6. The van der Waals surface area contributed by atoms with Crippen LogP contribution in [0.4, 0.5) is 5.82 Å².